The van der Waals surface area contributed by atoms with Gasteiger partial charge in [-0.25, -0.2) is 0 Å². The van der Waals surface area contributed by atoms with E-state index in [-0.39, 0.29) is 10.7 Å². The molecule has 3 aromatic carbocycles. The van der Waals surface area contributed by atoms with Crippen molar-refractivity contribution in [1.29, 1.82) is 0 Å². The molecular weight excluding hydrogens is 400 g/mol. The van der Waals surface area contributed by atoms with E-state index in [9.17, 15) is 9.59 Å². The summed E-state index contributed by atoms with van der Waals surface area (Å²) >= 11 is 5.27. The van der Waals surface area contributed by atoms with E-state index >= 15 is 0 Å². The molecule has 1 aliphatic heterocycles. The Hall–Kier alpha value is -3.71. The van der Waals surface area contributed by atoms with Crippen molar-refractivity contribution in [3.8, 4) is 11.5 Å². The third-order valence-electron chi connectivity index (χ3n) is 4.85. The predicted molar refractivity (Wildman–Crippen MR) is 120 cm³/mol. The Morgan fingerprint density at radius 3 is 2.53 bits per heavy atom. The summed E-state index contributed by atoms with van der Waals surface area (Å²) in [5, 5.41) is 4.45. The Morgan fingerprint density at radius 2 is 1.77 bits per heavy atom. The Bertz CT molecular complexity index is 1220. The number of amides is 2. The molecule has 1 aliphatic rings. The van der Waals surface area contributed by atoms with Crippen molar-refractivity contribution < 1.29 is 19.1 Å². The fraction of sp³-hybridized carbons (Fsp3) is 0.0870. The number of anilines is 1. The molecule has 0 radical (unpaired) electrons. The molecule has 150 valence electrons. The van der Waals surface area contributed by atoms with Crippen molar-refractivity contribution >= 4 is 51.7 Å². The minimum atomic E-state index is -0.556. The van der Waals surface area contributed by atoms with Crippen LogP contribution < -0.4 is 19.7 Å². The molecule has 2 amide bonds. The average Bonchev–Trinajstić information content (AvgIpc) is 2.76. The number of hydrogen-bond acceptors (Lipinski definition) is 5. The van der Waals surface area contributed by atoms with E-state index < -0.39 is 11.8 Å². The first-order valence-corrected chi connectivity index (χ1v) is 9.55. The SMILES string of the molecule is COc1cccc(N2C(=O)C(=Cc3c(OC)ccc4ccccc34)C(=O)NC2=S)c1. The maximum Gasteiger partial charge on any atom is 0.270 e. The molecule has 0 bridgehead atoms. The van der Waals surface area contributed by atoms with Gasteiger partial charge in [-0.15, -0.1) is 0 Å². The first-order chi connectivity index (χ1) is 14.5. The molecule has 0 spiro atoms. The van der Waals surface area contributed by atoms with Gasteiger partial charge in [0, 0.05) is 11.6 Å². The molecule has 1 saturated heterocycles. The molecule has 0 unspecified atom stereocenters. The van der Waals surface area contributed by atoms with E-state index in [1.54, 1.807) is 37.5 Å². The lowest BCUT2D eigenvalue weighted by Crippen LogP contribution is -2.54. The van der Waals surface area contributed by atoms with Gasteiger partial charge < -0.3 is 9.47 Å². The van der Waals surface area contributed by atoms with Gasteiger partial charge in [-0.3, -0.25) is 19.8 Å². The van der Waals surface area contributed by atoms with E-state index in [2.05, 4.69) is 5.32 Å². The number of nitrogens with one attached hydrogen (secondary N) is 1. The summed E-state index contributed by atoms with van der Waals surface area (Å²) in [7, 11) is 3.09. The Morgan fingerprint density at radius 1 is 0.967 bits per heavy atom. The molecule has 1 heterocycles. The Balaban J connectivity index is 1.85. The van der Waals surface area contributed by atoms with E-state index in [0.29, 0.717) is 22.7 Å². The second-order valence-electron chi connectivity index (χ2n) is 6.56. The smallest absolute Gasteiger partial charge is 0.270 e. The summed E-state index contributed by atoms with van der Waals surface area (Å²) in [5.41, 5.74) is 1.11. The zero-order chi connectivity index (χ0) is 21.3. The molecule has 0 aliphatic carbocycles. The lowest BCUT2D eigenvalue weighted by atomic mass is 9.99. The summed E-state index contributed by atoms with van der Waals surface area (Å²) in [4.78, 5) is 27.3. The van der Waals surface area contributed by atoms with Crippen LogP contribution in [-0.4, -0.2) is 31.1 Å². The van der Waals surface area contributed by atoms with Crippen LogP contribution in [-0.2, 0) is 9.59 Å². The van der Waals surface area contributed by atoms with Gasteiger partial charge in [0.1, 0.15) is 17.1 Å². The van der Waals surface area contributed by atoms with Crippen molar-refractivity contribution in [1.82, 2.24) is 5.32 Å². The number of ether oxygens (including phenoxy) is 2. The van der Waals surface area contributed by atoms with Crippen LogP contribution in [0.3, 0.4) is 0 Å². The Kier molecular flexibility index (Phi) is 5.20. The maximum absolute atomic E-state index is 13.3. The summed E-state index contributed by atoms with van der Waals surface area (Å²) in [6.45, 7) is 0. The third kappa shape index (κ3) is 3.40. The van der Waals surface area contributed by atoms with Crippen LogP contribution in [0.2, 0.25) is 0 Å². The van der Waals surface area contributed by atoms with Crippen molar-refractivity contribution in [3.05, 3.63) is 71.8 Å². The highest BCUT2D eigenvalue weighted by molar-refractivity contribution is 7.80. The van der Waals surface area contributed by atoms with E-state index in [1.807, 2.05) is 36.4 Å². The normalized spacial score (nSPS) is 15.5. The van der Waals surface area contributed by atoms with E-state index in [1.165, 1.54) is 12.0 Å². The zero-order valence-electron chi connectivity index (χ0n) is 16.3. The number of fused-ring (bicyclic) bond motifs is 1. The summed E-state index contributed by atoms with van der Waals surface area (Å²) < 4.78 is 10.7. The third-order valence-corrected chi connectivity index (χ3v) is 5.14. The zero-order valence-corrected chi connectivity index (χ0v) is 17.2. The number of rotatable bonds is 4. The van der Waals surface area contributed by atoms with Crippen LogP contribution in [0.4, 0.5) is 5.69 Å². The second-order valence-corrected chi connectivity index (χ2v) is 6.95. The highest BCUT2D eigenvalue weighted by atomic mass is 32.1. The van der Waals surface area contributed by atoms with Crippen LogP contribution in [0.25, 0.3) is 16.8 Å². The van der Waals surface area contributed by atoms with E-state index in [4.69, 9.17) is 21.7 Å². The lowest BCUT2D eigenvalue weighted by Gasteiger charge is -2.29. The molecule has 4 rings (SSSR count). The van der Waals surface area contributed by atoms with Crippen molar-refractivity contribution in [2.24, 2.45) is 0 Å². The van der Waals surface area contributed by atoms with E-state index in [0.717, 1.165) is 10.8 Å². The highest BCUT2D eigenvalue weighted by Crippen LogP contribution is 2.32. The van der Waals surface area contributed by atoms with Crippen LogP contribution in [0.5, 0.6) is 11.5 Å². The summed E-state index contributed by atoms with van der Waals surface area (Å²) in [5.74, 6) is 0.0512. The first kappa shape index (κ1) is 19.6. The van der Waals surface area contributed by atoms with Crippen LogP contribution in [0, 0.1) is 0 Å². The summed E-state index contributed by atoms with van der Waals surface area (Å²) in [6.07, 6.45) is 1.55. The molecule has 3 aromatic rings. The van der Waals surface area contributed by atoms with Crippen LogP contribution in [0.1, 0.15) is 5.56 Å². The quantitative estimate of drug-likeness (QED) is 0.398. The topological polar surface area (TPSA) is 67.9 Å². The molecule has 1 fully saturated rings. The van der Waals surface area contributed by atoms with Crippen LogP contribution >= 0.6 is 12.2 Å². The van der Waals surface area contributed by atoms with Gasteiger partial charge in [0.05, 0.1) is 19.9 Å². The highest BCUT2D eigenvalue weighted by Gasteiger charge is 2.35. The minimum absolute atomic E-state index is 0.0142. The standard InChI is InChI=1S/C23H18N2O4S/c1-28-16-8-5-7-15(12-16)25-22(27)19(21(26)24-23(25)30)13-18-17-9-4-3-6-14(17)10-11-20(18)29-2/h3-13H,1-2H3,(H,24,26,30). The molecule has 0 aromatic heterocycles. The number of thiocarbonyl (C=S) groups is 1. The van der Waals surface area contributed by atoms with Gasteiger partial charge in [-0.1, -0.05) is 36.4 Å². The molecule has 6 nitrogen and oxygen atoms in total. The van der Waals surface area contributed by atoms with Crippen molar-refractivity contribution in [2.75, 3.05) is 19.1 Å². The van der Waals surface area contributed by atoms with Gasteiger partial charge in [0.25, 0.3) is 11.8 Å². The first-order valence-electron chi connectivity index (χ1n) is 9.14. The number of nitrogens with zero attached hydrogens (tertiary/aromatic N) is 1. The number of methoxy groups -OCH3 is 2. The number of benzene rings is 3. The molecule has 30 heavy (non-hydrogen) atoms. The minimum Gasteiger partial charge on any atom is -0.497 e. The largest absolute Gasteiger partial charge is 0.497 e. The van der Waals surface area contributed by atoms with Gasteiger partial charge in [0.2, 0.25) is 0 Å². The second kappa shape index (κ2) is 7.96. The van der Waals surface area contributed by atoms with Gasteiger partial charge in [-0.05, 0) is 47.3 Å². The molecular formula is C23H18N2O4S. The van der Waals surface area contributed by atoms with Gasteiger partial charge in [0.15, 0.2) is 5.11 Å². The molecule has 1 N–H and O–H groups in total. The number of carbonyl (C=O) groups excluding carboxylic acids is 2. The van der Waals surface area contributed by atoms with Crippen LogP contribution in [0.15, 0.2) is 66.2 Å². The monoisotopic (exact) mass is 418 g/mol. The fourth-order valence-corrected chi connectivity index (χ4v) is 3.67. The fourth-order valence-electron chi connectivity index (χ4n) is 3.39. The number of hydrogen-bond donors (Lipinski definition) is 1. The van der Waals surface area contributed by atoms with Crippen molar-refractivity contribution in [2.45, 2.75) is 0 Å². The van der Waals surface area contributed by atoms with Crippen molar-refractivity contribution in [3.63, 3.8) is 0 Å². The van der Waals surface area contributed by atoms with Gasteiger partial charge in [-0.2, -0.15) is 0 Å². The molecule has 0 atom stereocenters. The Labute approximate surface area is 178 Å². The molecule has 7 heteroatoms. The van der Waals surface area contributed by atoms with Gasteiger partial charge >= 0.3 is 0 Å². The average molecular weight is 418 g/mol. The summed E-state index contributed by atoms with van der Waals surface area (Å²) in [6, 6.07) is 18.3. The predicted octanol–water partition coefficient (Wildman–Crippen LogP) is 3.69. The maximum atomic E-state index is 13.3. The lowest BCUT2D eigenvalue weighted by molar-refractivity contribution is -0.122. The molecule has 0 saturated carbocycles. The number of carbonyl (C=O) groups is 2.